The van der Waals surface area contributed by atoms with Crippen LogP contribution < -0.4 is 10.1 Å². The standard InChI is InChI=1S/C18H22BrNO/c1-13(2)21-18-6-4-5-15(11-18)12-20-14(3)16-7-9-17(19)10-8-16/h4-11,13-14,20H,12H2,1-3H3. The molecular formula is C18H22BrNO. The van der Waals surface area contributed by atoms with Crippen LogP contribution >= 0.6 is 15.9 Å². The molecule has 2 aromatic rings. The fourth-order valence-corrected chi connectivity index (χ4v) is 2.41. The molecule has 2 nitrogen and oxygen atoms in total. The largest absolute Gasteiger partial charge is 0.491 e. The lowest BCUT2D eigenvalue weighted by atomic mass is 10.1. The average molecular weight is 348 g/mol. The molecule has 0 heterocycles. The first-order chi connectivity index (χ1) is 10.0. The Labute approximate surface area is 135 Å². The van der Waals surface area contributed by atoms with Crippen LogP contribution in [0.25, 0.3) is 0 Å². The smallest absolute Gasteiger partial charge is 0.120 e. The van der Waals surface area contributed by atoms with Crippen LogP contribution in [0.1, 0.15) is 37.9 Å². The predicted molar refractivity (Wildman–Crippen MR) is 91.6 cm³/mol. The third-order valence-electron chi connectivity index (χ3n) is 3.25. The van der Waals surface area contributed by atoms with Gasteiger partial charge >= 0.3 is 0 Å². The van der Waals surface area contributed by atoms with Gasteiger partial charge in [0, 0.05) is 17.1 Å². The summed E-state index contributed by atoms with van der Waals surface area (Å²) in [6.45, 7) is 7.09. The van der Waals surface area contributed by atoms with Gasteiger partial charge in [0.15, 0.2) is 0 Å². The van der Waals surface area contributed by atoms with Crippen molar-refractivity contribution in [3.05, 3.63) is 64.1 Å². The lowest BCUT2D eigenvalue weighted by Gasteiger charge is -2.15. The first-order valence-electron chi connectivity index (χ1n) is 7.29. The Bertz CT molecular complexity index is 566. The van der Waals surface area contributed by atoms with Crippen molar-refractivity contribution >= 4 is 15.9 Å². The normalized spacial score (nSPS) is 12.4. The third kappa shape index (κ3) is 5.18. The van der Waals surface area contributed by atoms with Gasteiger partial charge in [-0.05, 0) is 56.2 Å². The lowest BCUT2D eigenvalue weighted by Crippen LogP contribution is -2.18. The van der Waals surface area contributed by atoms with Crippen molar-refractivity contribution in [1.29, 1.82) is 0 Å². The van der Waals surface area contributed by atoms with Crippen molar-refractivity contribution in [3.63, 3.8) is 0 Å². The summed E-state index contributed by atoms with van der Waals surface area (Å²) in [6.07, 6.45) is 0.204. The predicted octanol–water partition coefficient (Wildman–Crippen LogP) is 5.09. The minimum atomic E-state index is 0.204. The molecule has 0 bridgehead atoms. The SMILES string of the molecule is CC(C)Oc1cccc(CNC(C)c2ccc(Br)cc2)c1. The van der Waals surface area contributed by atoms with E-state index in [1.54, 1.807) is 0 Å². The zero-order chi connectivity index (χ0) is 15.2. The maximum Gasteiger partial charge on any atom is 0.120 e. The number of rotatable bonds is 6. The molecular weight excluding hydrogens is 326 g/mol. The Hall–Kier alpha value is -1.32. The van der Waals surface area contributed by atoms with Crippen molar-refractivity contribution in [2.75, 3.05) is 0 Å². The number of halogens is 1. The second-order valence-electron chi connectivity index (χ2n) is 5.47. The highest BCUT2D eigenvalue weighted by atomic mass is 79.9. The van der Waals surface area contributed by atoms with E-state index in [1.165, 1.54) is 11.1 Å². The highest BCUT2D eigenvalue weighted by Gasteiger charge is 2.05. The minimum absolute atomic E-state index is 0.204. The maximum absolute atomic E-state index is 5.73. The van der Waals surface area contributed by atoms with E-state index in [0.29, 0.717) is 6.04 Å². The molecule has 0 fully saturated rings. The van der Waals surface area contributed by atoms with Gasteiger partial charge in [0.1, 0.15) is 5.75 Å². The van der Waals surface area contributed by atoms with E-state index in [9.17, 15) is 0 Å². The van der Waals surface area contributed by atoms with Gasteiger partial charge in [0.25, 0.3) is 0 Å². The van der Waals surface area contributed by atoms with Crippen molar-refractivity contribution in [2.45, 2.75) is 39.5 Å². The van der Waals surface area contributed by atoms with Crippen molar-refractivity contribution in [2.24, 2.45) is 0 Å². The Balaban J connectivity index is 1.94. The Morgan fingerprint density at radius 3 is 2.43 bits per heavy atom. The van der Waals surface area contributed by atoms with Crippen LogP contribution in [0.2, 0.25) is 0 Å². The molecule has 0 aliphatic carbocycles. The molecule has 0 amide bonds. The van der Waals surface area contributed by atoms with E-state index in [4.69, 9.17) is 4.74 Å². The molecule has 1 atom stereocenters. The highest BCUT2D eigenvalue weighted by Crippen LogP contribution is 2.18. The number of hydrogen-bond donors (Lipinski definition) is 1. The van der Waals surface area contributed by atoms with E-state index >= 15 is 0 Å². The summed E-state index contributed by atoms with van der Waals surface area (Å²) in [5.74, 6) is 0.931. The second-order valence-corrected chi connectivity index (χ2v) is 6.38. The lowest BCUT2D eigenvalue weighted by molar-refractivity contribution is 0.242. The monoisotopic (exact) mass is 347 g/mol. The first kappa shape index (κ1) is 16.1. The van der Waals surface area contributed by atoms with Gasteiger partial charge in [0.2, 0.25) is 0 Å². The summed E-state index contributed by atoms with van der Waals surface area (Å²) in [6, 6.07) is 17.0. The maximum atomic E-state index is 5.73. The quantitative estimate of drug-likeness (QED) is 0.785. The number of ether oxygens (including phenoxy) is 1. The third-order valence-corrected chi connectivity index (χ3v) is 3.78. The van der Waals surface area contributed by atoms with Crippen LogP contribution in [0.15, 0.2) is 53.0 Å². The molecule has 0 aromatic heterocycles. The Kier molecular flexibility index (Phi) is 5.83. The molecule has 3 heteroatoms. The summed E-state index contributed by atoms with van der Waals surface area (Å²) in [7, 11) is 0. The summed E-state index contributed by atoms with van der Waals surface area (Å²) in [4.78, 5) is 0. The number of hydrogen-bond acceptors (Lipinski definition) is 2. The van der Waals surface area contributed by atoms with E-state index in [0.717, 1.165) is 16.8 Å². The summed E-state index contributed by atoms with van der Waals surface area (Å²) in [5.41, 5.74) is 2.52. The molecule has 1 N–H and O–H groups in total. The van der Waals surface area contributed by atoms with E-state index in [1.807, 2.05) is 26.0 Å². The van der Waals surface area contributed by atoms with Crippen molar-refractivity contribution < 1.29 is 4.74 Å². The van der Waals surface area contributed by atoms with Crippen molar-refractivity contribution in [1.82, 2.24) is 5.32 Å². The van der Waals surface area contributed by atoms with E-state index in [-0.39, 0.29) is 6.10 Å². The summed E-state index contributed by atoms with van der Waals surface area (Å²) < 4.78 is 6.83. The van der Waals surface area contributed by atoms with Gasteiger partial charge in [-0.15, -0.1) is 0 Å². The van der Waals surface area contributed by atoms with Crippen LogP contribution in [0.4, 0.5) is 0 Å². The fourth-order valence-electron chi connectivity index (χ4n) is 2.14. The number of benzene rings is 2. The summed E-state index contributed by atoms with van der Waals surface area (Å²) >= 11 is 3.46. The van der Waals surface area contributed by atoms with E-state index < -0.39 is 0 Å². The number of nitrogens with one attached hydrogen (secondary N) is 1. The van der Waals surface area contributed by atoms with Gasteiger partial charge in [0.05, 0.1) is 6.10 Å². The topological polar surface area (TPSA) is 21.3 Å². The fraction of sp³-hybridized carbons (Fsp3) is 0.333. The molecule has 0 aliphatic rings. The van der Waals surface area contributed by atoms with Gasteiger partial charge < -0.3 is 10.1 Å². The molecule has 1 unspecified atom stereocenters. The molecule has 0 aliphatic heterocycles. The van der Waals surface area contributed by atoms with Gasteiger partial charge in [-0.1, -0.05) is 40.2 Å². The molecule has 21 heavy (non-hydrogen) atoms. The van der Waals surface area contributed by atoms with Gasteiger partial charge in [-0.3, -0.25) is 0 Å². The Morgan fingerprint density at radius 1 is 1.05 bits per heavy atom. The first-order valence-corrected chi connectivity index (χ1v) is 8.08. The molecule has 2 rings (SSSR count). The van der Waals surface area contributed by atoms with Crippen LogP contribution in [-0.2, 0) is 6.54 Å². The highest BCUT2D eigenvalue weighted by molar-refractivity contribution is 9.10. The molecule has 0 spiro atoms. The zero-order valence-corrected chi connectivity index (χ0v) is 14.4. The zero-order valence-electron chi connectivity index (χ0n) is 12.8. The Morgan fingerprint density at radius 2 is 1.76 bits per heavy atom. The van der Waals surface area contributed by atoms with Gasteiger partial charge in [-0.25, -0.2) is 0 Å². The van der Waals surface area contributed by atoms with Crippen LogP contribution in [0.3, 0.4) is 0 Å². The van der Waals surface area contributed by atoms with Crippen LogP contribution in [0, 0.1) is 0 Å². The van der Waals surface area contributed by atoms with Gasteiger partial charge in [-0.2, -0.15) is 0 Å². The molecule has 112 valence electrons. The molecule has 2 aromatic carbocycles. The summed E-state index contributed by atoms with van der Waals surface area (Å²) in [5, 5.41) is 3.54. The molecule has 0 saturated carbocycles. The van der Waals surface area contributed by atoms with Crippen LogP contribution in [0.5, 0.6) is 5.75 Å². The van der Waals surface area contributed by atoms with E-state index in [2.05, 4.69) is 64.6 Å². The average Bonchev–Trinajstić information content (AvgIpc) is 2.45. The van der Waals surface area contributed by atoms with Crippen molar-refractivity contribution in [3.8, 4) is 5.75 Å². The minimum Gasteiger partial charge on any atom is -0.491 e. The molecule has 0 saturated heterocycles. The molecule has 0 radical (unpaired) electrons. The second kappa shape index (κ2) is 7.62. The van der Waals surface area contributed by atoms with Crippen LogP contribution in [-0.4, -0.2) is 6.10 Å².